The lowest BCUT2D eigenvalue weighted by molar-refractivity contribution is 0.0950. The number of amides is 1. The molecule has 6 nitrogen and oxygen atoms in total. The zero-order chi connectivity index (χ0) is 22.7. The van der Waals surface area contributed by atoms with E-state index < -0.39 is 0 Å². The maximum Gasteiger partial charge on any atom is 0.253 e. The molecule has 1 aromatic heterocycles. The van der Waals surface area contributed by atoms with Gasteiger partial charge >= 0.3 is 0 Å². The minimum absolute atomic E-state index is 0.166. The lowest BCUT2D eigenvalue weighted by Crippen LogP contribution is -2.41. The SMILES string of the molecule is CCN(c1cc(Cl)cc(C(=O)NCc2c(C)cc(C)[nH]c2=O)c1C)C1CCC(N)CC1. The van der Waals surface area contributed by atoms with E-state index in [1.807, 2.05) is 32.9 Å². The predicted octanol–water partition coefficient (Wildman–Crippen LogP) is 3.98. The number of carbonyl (C=O) groups excluding carboxylic acids is 1. The fourth-order valence-electron chi connectivity index (χ4n) is 4.60. The molecule has 168 valence electrons. The Bertz CT molecular complexity index is 1010. The zero-order valence-electron chi connectivity index (χ0n) is 18.8. The largest absolute Gasteiger partial charge is 0.369 e. The molecule has 0 aliphatic heterocycles. The number of halogens is 1. The van der Waals surface area contributed by atoms with Crippen molar-refractivity contribution in [1.29, 1.82) is 0 Å². The van der Waals surface area contributed by atoms with Gasteiger partial charge in [-0.2, -0.15) is 0 Å². The van der Waals surface area contributed by atoms with Crippen LogP contribution in [-0.2, 0) is 6.54 Å². The minimum Gasteiger partial charge on any atom is -0.369 e. The molecule has 1 heterocycles. The summed E-state index contributed by atoms with van der Waals surface area (Å²) in [6.45, 7) is 8.80. The minimum atomic E-state index is -0.234. The number of H-pyrrole nitrogens is 1. The van der Waals surface area contributed by atoms with Gasteiger partial charge in [-0.3, -0.25) is 9.59 Å². The first kappa shape index (κ1) is 23.4. The monoisotopic (exact) mass is 444 g/mol. The van der Waals surface area contributed by atoms with Gasteiger partial charge in [0.05, 0.1) is 0 Å². The third kappa shape index (κ3) is 5.31. The van der Waals surface area contributed by atoms with Crippen LogP contribution in [0.15, 0.2) is 23.0 Å². The highest BCUT2D eigenvalue weighted by atomic mass is 35.5. The van der Waals surface area contributed by atoms with Gasteiger partial charge in [-0.1, -0.05) is 11.6 Å². The summed E-state index contributed by atoms with van der Waals surface area (Å²) in [6.07, 6.45) is 4.10. The Morgan fingerprint density at radius 1 is 1.19 bits per heavy atom. The number of aromatic amines is 1. The van der Waals surface area contributed by atoms with Gasteiger partial charge in [0, 0.05) is 52.7 Å². The molecule has 0 spiro atoms. The van der Waals surface area contributed by atoms with Crippen molar-refractivity contribution in [3.05, 3.63) is 61.5 Å². The van der Waals surface area contributed by atoms with Gasteiger partial charge in [0.2, 0.25) is 0 Å². The number of hydrogen-bond donors (Lipinski definition) is 3. The molecule has 1 aliphatic carbocycles. The van der Waals surface area contributed by atoms with E-state index in [1.165, 1.54) is 0 Å². The molecule has 1 saturated carbocycles. The summed E-state index contributed by atoms with van der Waals surface area (Å²) in [5, 5.41) is 3.43. The first-order valence-electron chi connectivity index (χ1n) is 11.0. The lowest BCUT2D eigenvalue weighted by atomic mass is 9.90. The van der Waals surface area contributed by atoms with Crippen LogP contribution in [0.2, 0.25) is 5.02 Å². The Balaban J connectivity index is 1.84. The number of anilines is 1. The molecule has 2 aromatic rings. The van der Waals surface area contributed by atoms with Gasteiger partial charge in [-0.15, -0.1) is 0 Å². The van der Waals surface area contributed by atoms with Crippen molar-refractivity contribution in [3.8, 4) is 0 Å². The number of nitrogens with zero attached hydrogens (tertiary/aromatic N) is 1. The molecule has 7 heteroatoms. The van der Waals surface area contributed by atoms with Crippen LogP contribution in [0.4, 0.5) is 5.69 Å². The van der Waals surface area contributed by atoms with Crippen LogP contribution in [0, 0.1) is 20.8 Å². The van der Waals surface area contributed by atoms with E-state index in [1.54, 1.807) is 6.07 Å². The number of hydrogen-bond acceptors (Lipinski definition) is 4. The number of aryl methyl sites for hydroxylation is 2. The van der Waals surface area contributed by atoms with Gasteiger partial charge in [0.25, 0.3) is 11.5 Å². The van der Waals surface area contributed by atoms with E-state index in [0.29, 0.717) is 22.2 Å². The molecule has 1 fully saturated rings. The number of carbonyl (C=O) groups is 1. The number of pyridine rings is 1. The van der Waals surface area contributed by atoms with E-state index in [4.69, 9.17) is 17.3 Å². The second-order valence-electron chi connectivity index (χ2n) is 8.58. The summed E-state index contributed by atoms with van der Waals surface area (Å²) in [4.78, 5) is 30.5. The molecule has 0 atom stereocenters. The van der Waals surface area contributed by atoms with E-state index in [2.05, 4.69) is 22.1 Å². The van der Waals surface area contributed by atoms with Crippen molar-refractivity contribution in [2.75, 3.05) is 11.4 Å². The molecule has 4 N–H and O–H groups in total. The Hall–Kier alpha value is -2.31. The molecule has 0 unspecified atom stereocenters. The summed E-state index contributed by atoms with van der Waals surface area (Å²) < 4.78 is 0. The van der Waals surface area contributed by atoms with Gasteiger partial charge in [-0.05, 0) is 82.7 Å². The van der Waals surface area contributed by atoms with Crippen molar-refractivity contribution in [2.24, 2.45) is 5.73 Å². The van der Waals surface area contributed by atoms with Gasteiger partial charge in [0.1, 0.15) is 0 Å². The zero-order valence-corrected chi connectivity index (χ0v) is 19.6. The van der Waals surface area contributed by atoms with Crippen LogP contribution >= 0.6 is 11.6 Å². The van der Waals surface area contributed by atoms with E-state index in [0.717, 1.165) is 54.7 Å². The summed E-state index contributed by atoms with van der Waals surface area (Å²) in [5.41, 5.74) is 10.6. The van der Waals surface area contributed by atoms with E-state index in [9.17, 15) is 9.59 Å². The molecule has 31 heavy (non-hydrogen) atoms. The third-order valence-electron chi connectivity index (χ3n) is 6.34. The van der Waals surface area contributed by atoms with Crippen LogP contribution < -0.4 is 21.5 Å². The first-order valence-corrected chi connectivity index (χ1v) is 11.4. The standard InChI is InChI=1S/C24H33ClN4O2/c1-5-29(19-8-6-18(26)7-9-19)22-12-17(25)11-20(16(22)4)23(30)27-13-21-14(2)10-15(3)28-24(21)31/h10-12,18-19H,5-9,13,26H2,1-4H3,(H,27,30)(H,28,31). The average molecular weight is 445 g/mol. The topological polar surface area (TPSA) is 91.2 Å². The van der Waals surface area contributed by atoms with Crippen LogP contribution in [0.1, 0.15) is 65.3 Å². The maximum atomic E-state index is 13.0. The van der Waals surface area contributed by atoms with Crippen LogP contribution in [0.5, 0.6) is 0 Å². The lowest BCUT2D eigenvalue weighted by Gasteiger charge is -2.38. The number of nitrogens with one attached hydrogen (secondary N) is 2. The van der Waals surface area contributed by atoms with Crippen molar-refractivity contribution >= 4 is 23.2 Å². The van der Waals surface area contributed by atoms with E-state index in [-0.39, 0.29) is 24.1 Å². The predicted molar refractivity (Wildman–Crippen MR) is 127 cm³/mol. The second kappa shape index (κ2) is 9.88. The summed E-state index contributed by atoms with van der Waals surface area (Å²) in [5.74, 6) is -0.234. The Morgan fingerprint density at radius 3 is 2.48 bits per heavy atom. The number of nitrogens with two attached hydrogens (primary N) is 1. The summed E-state index contributed by atoms with van der Waals surface area (Å²) in [7, 11) is 0. The molecule has 1 amide bonds. The highest BCUT2D eigenvalue weighted by Gasteiger charge is 2.26. The summed E-state index contributed by atoms with van der Waals surface area (Å²) in [6, 6.07) is 6.23. The van der Waals surface area contributed by atoms with Gasteiger partial charge in [0.15, 0.2) is 0 Å². The van der Waals surface area contributed by atoms with Crippen LogP contribution in [0.25, 0.3) is 0 Å². The van der Waals surface area contributed by atoms with Gasteiger partial charge < -0.3 is 20.9 Å². The number of rotatable bonds is 6. The number of aromatic nitrogens is 1. The Labute approximate surface area is 189 Å². The maximum absolute atomic E-state index is 13.0. The smallest absolute Gasteiger partial charge is 0.253 e. The van der Waals surface area contributed by atoms with Crippen molar-refractivity contribution in [3.63, 3.8) is 0 Å². The Kier molecular flexibility index (Phi) is 7.44. The van der Waals surface area contributed by atoms with Crippen molar-refractivity contribution < 1.29 is 4.79 Å². The summed E-state index contributed by atoms with van der Waals surface area (Å²) >= 11 is 6.43. The molecule has 3 rings (SSSR count). The highest BCUT2D eigenvalue weighted by molar-refractivity contribution is 6.31. The average Bonchev–Trinajstić information content (AvgIpc) is 2.71. The van der Waals surface area contributed by atoms with Crippen molar-refractivity contribution in [2.45, 2.75) is 72.0 Å². The molecule has 0 saturated heterocycles. The molecular formula is C24H33ClN4O2. The Morgan fingerprint density at radius 2 is 1.87 bits per heavy atom. The highest BCUT2D eigenvalue weighted by Crippen LogP contribution is 2.33. The molecule has 0 bridgehead atoms. The van der Waals surface area contributed by atoms with Crippen LogP contribution in [0.3, 0.4) is 0 Å². The molecular weight excluding hydrogens is 412 g/mol. The number of benzene rings is 1. The third-order valence-corrected chi connectivity index (χ3v) is 6.56. The van der Waals surface area contributed by atoms with E-state index >= 15 is 0 Å². The normalized spacial score (nSPS) is 18.6. The quantitative estimate of drug-likeness (QED) is 0.628. The van der Waals surface area contributed by atoms with Crippen molar-refractivity contribution in [1.82, 2.24) is 10.3 Å². The van der Waals surface area contributed by atoms with Gasteiger partial charge in [-0.25, -0.2) is 0 Å². The fraction of sp³-hybridized carbons (Fsp3) is 0.500. The van der Waals surface area contributed by atoms with Crippen LogP contribution in [-0.4, -0.2) is 29.5 Å². The molecule has 1 aromatic carbocycles. The molecule has 0 radical (unpaired) electrons. The fourth-order valence-corrected chi connectivity index (χ4v) is 4.81. The second-order valence-corrected chi connectivity index (χ2v) is 9.01. The molecule has 1 aliphatic rings. The first-order chi connectivity index (χ1) is 14.7.